The van der Waals surface area contributed by atoms with Crippen LogP contribution in [0.15, 0.2) is 24.3 Å². The van der Waals surface area contributed by atoms with Crippen molar-refractivity contribution in [3.05, 3.63) is 55.5 Å². The zero-order valence-electron chi connectivity index (χ0n) is 12.8. The third-order valence-corrected chi connectivity index (χ3v) is 4.72. The van der Waals surface area contributed by atoms with E-state index < -0.39 is 12.1 Å². The van der Waals surface area contributed by atoms with Gasteiger partial charge in [-0.3, -0.25) is 0 Å². The third-order valence-electron chi connectivity index (χ3n) is 3.42. The van der Waals surface area contributed by atoms with E-state index >= 15 is 0 Å². The summed E-state index contributed by atoms with van der Waals surface area (Å²) < 4.78 is 0. The summed E-state index contributed by atoms with van der Waals surface area (Å²) in [7, 11) is 0. The van der Waals surface area contributed by atoms with Gasteiger partial charge in [-0.25, -0.2) is 0 Å². The second kappa shape index (κ2) is 12.1. The zero-order valence-corrected chi connectivity index (χ0v) is 19.6. The molecular weight excluding hydrogens is 648 g/mol. The quantitative estimate of drug-likeness (QED) is 0.314. The molecule has 0 saturated heterocycles. The molecule has 0 aliphatic rings. The first-order valence-corrected chi connectivity index (χ1v) is 8.07. The van der Waals surface area contributed by atoms with E-state index in [1.54, 1.807) is 0 Å². The molecule has 6 N–H and O–H groups in total. The molecule has 0 aromatic heterocycles. The maximum absolute atomic E-state index is 9.47. The summed E-state index contributed by atoms with van der Waals surface area (Å²) in [6.07, 6.45) is 0.257. The summed E-state index contributed by atoms with van der Waals surface area (Å²) in [5.41, 5.74) is 13.3. The molecule has 0 aliphatic carbocycles. The van der Waals surface area contributed by atoms with Gasteiger partial charge in [0.2, 0.25) is 0 Å². The van der Waals surface area contributed by atoms with Crippen molar-refractivity contribution in [2.75, 3.05) is 0 Å². The second-order valence-electron chi connectivity index (χ2n) is 5.10. The van der Waals surface area contributed by atoms with Crippen molar-refractivity contribution in [1.29, 1.82) is 0 Å². The van der Waals surface area contributed by atoms with Gasteiger partial charge in [0, 0.05) is 27.7 Å². The Hall–Kier alpha value is 0.388. The Morgan fingerprint density at radius 2 is 1.12 bits per heavy atom. The predicted molar refractivity (Wildman–Crippen MR) is 94.9 cm³/mol. The van der Waals surface area contributed by atoms with E-state index in [0.29, 0.717) is 21.2 Å². The molecule has 0 aliphatic heterocycles. The van der Waals surface area contributed by atoms with Crippen LogP contribution in [0.4, 0.5) is 0 Å². The molecule has 0 spiro atoms. The number of phenolic OH excluding ortho intramolecular Hbond substituents is 2. The Labute approximate surface area is 198 Å². The molecule has 0 saturated carbocycles. The molecule has 148 valence electrons. The van der Waals surface area contributed by atoms with Crippen LogP contribution in [0.1, 0.15) is 17.2 Å². The molecule has 2 aromatic rings. The van der Waals surface area contributed by atoms with E-state index in [-0.39, 0.29) is 73.8 Å². The van der Waals surface area contributed by atoms with Crippen molar-refractivity contribution in [3.63, 3.8) is 0 Å². The summed E-state index contributed by atoms with van der Waals surface area (Å²) in [4.78, 5) is 0. The molecule has 0 heterocycles. The van der Waals surface area contributed by atoms with E-state index in [0.717, 1.165) is 0 Å². The van der Waals surface area contributed by atoms with Crippen LogP contribution in [0.25, 0.3) is 0 Å². The fourth-order valence-corrected chi connectivity index (χ4v) is 3.61. The minimum absolute atomic E-state index is 0. The first kappa shape index (κ1) is 28.6. The van der Waals surface area contributed by atoms with E-state index in [9.17, 15) is 10.2 Å². The van der Waals surface area contributed by atoms with Crippen LogP contribution >= 0.6 is 46.4 Å². The van der Waals surface area contributed by atoms with Gasteiger partial charge in [-0.05, 0) is 36.2 Å². The average molecular weight is 662 g/mol. The number of halogens is 6. The molecule has 2 aromatic carbocycles. The number of nitrogens with two attached hydrogens (primary N) is 2. The Bertz CT molecular complexity index is 704. The molecule has 26 heavy (non-hydrogen) atoms. The van der Waals surface area contributed by atoms with Crippen LogP contribution < -0.4 is 36.3 Å². The van der Waals surface area contributed by atoms with Gasteiger partial charge in [0.05, 0.1) is 10.0 Å². The van der Waals surface area contributed by atoms with Gasteiger partial charge in [0.1, 0.15) is 11.5 Å². The van der Waals surface area contributed by atoms with E-state index in [2.05, 4.69) is 0 Å². The molecule has 2 unspecified atom stereocenters. The molecule has 2 atom stereocenters. The van der Waals surface area contributed by atoms with E-state index in [1.807, 2.05) is 0 Å². The van der Waals surface area contributed by atoms with Crippen LogP contribution in [0.2, 0.25) is 20.1 Å². The van der Waals surface area contributed by atoms with Gasteiger partial charge in [-0.1, -0.05) is 46.4 Å². The Balaban J connectivity index is 0. The Morgan fingerprint density at radius 1 is 0.769 bits per heavy atom. The maximum atomic E-state index is 9.47. The van der Waals surface area contributed by atoms with Crippen LogP contribution in [0.5, 0.6) is 11.5 Å². The molecular formula is C15H14Cl6N2O2Pt. The van der Waals surface area contributed by atoms with Gasteiger partial charge in [0.25, 0.3) is 0 Å². The van der Waals surface area contributed by atoms with Crippen molar-refractivity contribution in [1.82, 2.24) is 0 Å². The minimum atomic E-state index is -0.698. The predicted octanol–water partition coefficient (Wildman–Crippen LogP) is -1.71. The van der Waals surface area contributed by atoms with Crippen molar-refractivity contribution >= 4 is 46.4 Å². The maximum Gasteiger partial charge on any atom is 2.00 e. The number of hydrogen-bond acceptors (Lipinski definition) is 4. The van der Waals surface area contributed by atoms with Crippen molar-refractivity contribution < 1.29 is 56.1 Å². The van der Waals surface area contributed by atoms with Gasteiger partial charge in [-0.2, -0.15) is 0 Å². The number of aromatic hydroxyl groups is 2. The number of benzene rings is 2. The van der Waals surface area contributed by atoms with Crippen LogP contribution in [-0.4, -0.2) is 16.3 Å². The smallest absolute Gasteiger partial charge is 1.00 e. The summed E-state index contributed by atoms with van der Waals surface area (Å²) in [6.45, 7) is 0. The van der Waals surface area contributed by atoms with Gasteiger partial charge >= 0.3 is 21.1 Å². The summed E-state index contributed by atoms with van der Waals surface area (Å²) >= 11 is 24.4. The van der Waals surface area contributed by atoms with Gasteiger partial charge < -0.3 is 46.5 Å². The van der Waals surface area contributed by atoms with Crippen molar-refractivity contribution in [2.45, 2.75) is 18.5 Å². The monoisotopic (exact) mass is 659 g/mol. The summed E-state index contributed by atoms with van der Waals surface area (Å²) in [5, 5.41) is 20.0. The van der Waals surface area contributed by atoms with Gasteiger partial charge in [-0.15, -0.1) is 0 Å². The fourth-order valence-electron chi connectivity index (χ4n) is 2.25. The Morgan fingerprint density at radius 3 is 1.50 bits per heavy atom. The standard InChI is InChI=1S/C15H14Cl4N2O2.2ClH.Pt/c16-9-1-6(22)2-10(17)8(9)5-13(20)15(21)14-11(18)3-7(23)4-12(14)19;;;/h1-4,13,15,22-23H,5,20-21H2;2*1H;/q;;;+2/p-2. The molecule has 11 heteroatoms. The minimum Gasteiger partial charge on any atom is -1.00 e. The van der Waals surface area contributed by atoms with Crippen LogP contribution in [-0.2, 0) is 27.5 Å². The molecule has 0 fully saturated rings. The molecule has 0 bridgehead atoms. The summed E-state index contributed by atoms with van der Waals surface area (Å²) in [6, 6.07) is 4.15. The first-order chi connectivity index (χ1) is 10.7. The van der Waals surface area contributed by atoms with Crippen molar-refractivity contribution in [3.8, 4) is 11.5 Å². The largest absolute Gasteiger partial charge is 2.00 e. The first-order valence-electron chi connectivity index (χ1n) is 6.56. The zero-order chi connectivity index (χ0) is 17.3. The molecule has 0 amide bonds. The molecule has 4 nitrogen and oxygen atoms in total. The number of phenols is 2. The van der Waals surface area contributed by atoms with Crippen LogP contribution in [0, 0.1) is 0 Å². The normalized spacial score (nSPS) is 12.2. The molecule has 0 radical (unpaired) electrons. The number of rotatable bonds is 4. The number of hydrogen-bond donors (Lipinski definition) is 4. The van der Waals surface area contributed by atoms with E-state index in [4.69, 9.17) is 57.9 Å². The average Bonchev–Trinajstić information content (AvgIpc) is 2.41. The fraction of sp³-hybridized carbons (Fsp3) is 0.200. The molecule has 2 rings (SSSR count). The second-order valence-corrected chi connectivity index (χ2v) is 6.73. The summed E-state index contributed by atoms with van der Waals surface area (Å²) in [5.74, 6) is -0.0969. The Kier molecular flexibility index (Phi) is 13.3. The topological polar surface area (TPSA) is 92.5 Å². The third kappa shape index (κ3) is 6.77. The van der Waals surface area contributed by atoms with E-state index in [1.165, 1.54) is 24.3 Å². The van der Waals surface area contributed by atoms with Gasteiger partial charge in [0.15, 0.2) is 0 Å². The SMILES string of the molecule is NC(Cc1c(Cl)cc(O)cc1Cl)C(N)c1c(Cl)cc(O)cc1Cl.[Cl-].[Cl-].[Pt+2]. The van der Waals surface area contributed by atoms with Crippen molar-refractivity contribution in [2.24, 2.45) is 11.5 Å². The van der Waals surface area contributed by atoms with Crippen LogP contribution in [0.3, 0.4) is 0 Å².